The summed E-state index contributed by atoms with van der Waals surface area (Å²) in [5.74, 6) is 1.19. The Morgan fingerprint density at radius 3 is 2.85 bits per heavy atom. The SMILES string of the molecule is COCc1nn(-c2ccccc2OC)c2n[nH]c(N)c12. The first-order valence-electron chi connectivity index (χ1n) is 6.10. The van der Waals surface area contributed by atoms with Gasteiger partial charge in [0.15, 0.2) is 5.65 Å². The lowest BCUT2D eigenvalue weighted by Crippen LogP contribution is -2.01. The van der Waals surface area contributed by atoms with Gasteiger partial charge in [0.2, 0.25) is 0 Å². The fraction of sp³-hybridized carbons (Fsp3) is 0.231. The number of ether oxygens (including phenoxy) is 2. The first kappa shape index (κ1) is 12.5. The van der Waals surface area contributed by atoms with E-state index in [1.165, 1.54) is 0 Å². The molecular weight excluding hydrogens is 258 g/mol. The summed E-state index contributed by atoms with van der Waals surface area (Å²) in [6.07, 6.45) is 0. The lowest BCUT2D eigenvalue weighted by Gasteiger charge is -2.07. The van der Waals surface area contributed by atoms with Crippen LogP contribution in [-0.2, 0) is 11.3 Å². The van der Waals surface area contributed by atoms with E-state index in [-0.39, 0.29) is 0 Å². The molecule has 1 aromatic carbocycles. The summed E-state index contributed by atoms with van der Waals surface area (Å²) in [7, 11) is 3.23. The second-order valence-electron chi connectivity index (χ2n) is 4.30. The summed E-state index contributed by atoms with van der Waals surface area (Å²) >= 11 is 0. The zero-order valence-corrected chi connectivity index (χ0v) is 11.3. The molecule has 0 aliphatic carbocycles. The van der Waals surface area contributed by atoms with Gasteiger partial charge in [-0.3, -0.25) is 5.10 Å². The van der Waals surface area contributed by atoms with E-state index in [1.54, 1.807) is 18.9 Å². The molecule has 3 rings (SSSR count). The van der Waals surface area contributed by atoms with Crippen LogP contribution in [0.25, 0.3) is 16.7 Å². The molecule has 0 saturated carbocycles. The molecule has 0 fully saturated rings. The molecule has 0 atom stereocenters. The maximum absolute atomic E-state index is 5.91. The van der Waals surface area contributed by atoms with Gasteiger partial charge < -0.3 is 15.2 Å². The van der Waals surface area contributed by atoms with E-state index in [0.717, 1.165) is 16.8 Å². The van der Waals surface area contributed by atoms with Crippen molar-refractivity contribution in [1.29, 1.82) is 0 Å². The molecule has 7 heteroatoms. The number of aromatic nitrogens is 4. The van der Waals surface area contributed by atoms with Gasteiger partial charge in [0.25, 0.3) is 0 Å². The molecule has 2 heterocycles. The molecule has 7 nitrogen and oxygen atoms in total. The number of H-pyrrole nitrogens is 1. The Bertz CT molecular complexity index is 746. The third kappa shape index (κ3) is 1.79. The Morgan fingerprint density at radius 1 is 1.30 bits per heavy atom. The molecule has 3 N–H and O–H groups in total. The van der Waals surface area contributed by atoms with Crippen LogP contribution < -0.4 is 10.5 Å². The number of para-hydroxylation sites is 2. The van der Waals surface area contributed by atoms with Crippen molar-refractivity contribution < 1.29 is 9.47 Å². The van der Waals surface area contributed by atoms with Crippen LogP contribution in [0.5, 0.6) is 5.75 Å². The number of fused-ring (bicyclic) bond motifs is 1. The van der Waals surface area contributed by atoms with E-state index in [4.69, 9.17) is 15.2 Å². The van der Waals surface area contributed by atoms with Gasteiger partial charge in [0.05, 0.1) is 19.1 Å². The van der Waals surface area contributed by atoms with Crippen LogP contribution >= 0.6 is 0 Å². The maximum Gasteiger partial charge on any atom is 0.187 e. The van der Waals surface area contributed by atoms with Crippen LogP contribution in [0.3, 0.4) is 0 Å². The van der Waals surface area contributed by atoms with Gasteiger partial charge in [0.1, 0.15) is 22.9 Å². The normalized spacial score (nSPS) is 11.1. The highest BCUT2D eigenvalue weighted by atomic mass is 16.5. The summed E-state index contributed by atoms with van der Waals surface area (Å²) in [5.41, 5.74) is 8.10. The molecule has 0 aliphatic heterocycles. The van der Waals surface area contributed by atoms with Crippen molar-refractivity contribution in [2.75, 3.05) is 20.0 Å². The molecule has 104 valence electrons. The summed E-state index contributed by atoms with van der Waals surface area (Å²) in [4.78, 5) is 0. The maximum atomic E-state index is 5.91. The second-order valence-corrected chi connectivity index (χ2v) is 4.30. The lowest BCUT2D eigenvalue weighted by atomic mass is 10.3. The van der Waals surface area contributed by atoms with Crippen molar-refractivity contribution in [3.8, 4) is 11.4 Å². The molecule has 0 saturated heterocycles. The van der Waals surface area contributed by atoms with E-state index < -0.39 is 0 Å². The molecule has 0 radical (unpaired) electrons. The number of nitrogen functional groups attached to an aromatic ring is 1. The molecule has 0 spiro atoms. The Hall–Kier alpha value is -2.54. The molecule has 3 aromatic rings. The number of rotatable bonds is 4. The molecule has 2 aromatic heterocycles. The number of nitrogens with two attached hydrogens (primary N) is 1. The number of nitrogens with one attached hydrogen (secondary N) is 1. The van der Waals surface area contributed by atoms with Gasteiger partial charge in [-0.15, -0.1) is 0 Å². The highest BCUT2D eigenvalue weighted by Crippen LogP contribution is 2.29. The first-order valence-corrected chi connectivity index (χ1v) is 6.10. The number of hydrogen-bond acceptors (Lipinski definition) is 5. The van der Waals surface area contributed by atoms with Crippen molar-refractivity contribution in [3.05, 3.63) is 30.0 Å². The van der Waals surface area contributed by atoms with Gasteiger partial charge in [-0.25, -0.2) is 4.68 Å². The van der Waals surface area contributed by atoms with Crippen molar-refractivity contribution in [2.45, 2.75) is 6.61 Å². The number of aromatic amines is 1. The summed E-state index contributed by atoms with van der Waals surface area (Å²) < 4.78 is 12.2. The van der Waals surface area contributed by atoms with Crippen molar-refractivity contribution in [1.82, 2.24) is 20.0 Å². The Labute approximate surface area is 115 Å². The lowest BCUT2D eigenvalue weighted by molar-refractivity contribution is 0.182. The smallest absolute Gasteiger partial charge is 0.187 e. The number of benzene rings is 1. The highest BCUT2D eigenvalue weighted by Gasteiger charge is 2.19. The largest absolute Gasteiger partial charge is 0.494 e. The minimum atomic E-state index is 0.363. The fourth-order valence-electron chi connectivity index (χ4n) is 2.21. The zero-order valence-electron chi connectivity index (χ0n) is 11.3. The second kappa shape index (κ2) is 4.86. The van der Waals surface area contributed by atoms with Crippen molar-refractivity contribution >= 4 is 16.9 Å². The third-order valence-electron chi connectivity index (χ3n) is 3.08. The average molecular weight is 273 g/mol. The Morgan fingerprint density at radius 2 is 2.10 bits per heavy atom. The molecular formula is C13H15N5O2. The molecule has 0 unspecified atom stereocenters. The van der Waals surface area contributed by atoms with Crippen LogP contribution in [0.4, 0.5) is 5.82 Å². The zero-order chi connectivity index (χ0) is 14.1. The van der Waals surface area contributed by atoms with Crippen LogP contribution in [0.2, 0.25) is 0 Å². The van der Waals surface area contributed by atoms with E-state index in [9.17, 15) is 0 Å². The number of nitrogens with zero attached hydrogens (tertiary/aromatic N) is 3. The highest BCUT2D eigenvalue weighted by molar-refractivity contribution is 5.90. The van der Waals surface area contributed by atoms with Crippen LogP contribution in [-0.4, -0.2) is 34.2 Å². The minimum Gasteiger partial charge on any atom is -0.494 e. The van der Waals surface area contributed by atoms with E-state index in [2.05, 4.69) is 15.3 Å². The van der Waals surface area contributed by atoms with Gasteiger partial charge in [0, 0.05) is 7.11 Å². The fourth-order valence-corrected chi connectivity index (χ4v) is 2.21. The molecule has 0 amide bonds. The third-order valence-corrected chi connectivity index (χ3v) is 3.08. The summed E-state index contributed by atoms with van der Waals surface area (Å²) in [6, 6.07) is 7.59. The number of methoxy groups -OCH3 is 2. The van der Waals surface area contributed by atoms with Crippen molar-refractivity contribution in [3.63, 3.8) is 0 Å². The van der Waals surface area contributed by atoms with Crippen LogP contribution in [0, 0.1) is 0 Å². The van der Waals surface area contributed by atoms with Crippen LogP contribution in [0.1, 0.15) is 5.69 Å². The predicted octanol–water partition coefficient (Wildman–Crippen LogP) is 1.49. The van der Waals surface area contributed by atoms with Gasteiger partial charge >= 0.3 is 0 Å². The van der Waals surface area contributed by atoms with Crippen LogP contribution in [0.15, 0.2) is 24.3 Å². The quantitative estimate of drug-likeness (QED) is 0.751. The predicted molar refractivity (Wildman–Crippen MR) is 74.9 cm³/mol. The topological polar surface area (TPSA) is 91.0 Å². The average Bonchev–Trinajstić information content (AvgIpc) is 3.01. The van der Waals surface area contributed by atoms with Crippen molar-refractivity contribution in [2.24, 2.45) is 0 Å². The summed E-state index contributed by atoms with van der Waals surface area (Å²) in [6.45, 7) is 0.363. The monoisotopic (exact) mass is 273 g/mol. The van der Waals surface area contributed by atoms with Gasteiger partial charge in [-0.2, -0.15) is 10.2 Å². The molecule has 20 heavy (non-hydrogen) atoms. The van der Waals surface area contributed by atoms with E-state index >= 15 is 0 Å². The Kier molecular flexibility index (Phi) is 3.03. The van der Waals surface area contributed by atoms with E-state index in [1.807, 2.05) is 24.3 Å². The first-order chi connectivity index (χ1) is 9.76. The van der Waals surface area contributed by atoms with Gasteiger partial charge in [-0.1, -0.05) is 12.1 Å². The summed E-state index contributed by atoms with van der Waals surface area (Å²) in [5, 5.41) is 12.3. The standard InChI is InChI=1S/C13H15N5O2/c1-19-7-8-11-12(14)15-16-13(11)18(17-8)9-5-3-4-6-10(9)20-2/h3-6H,7H2,1-2H3,(H3,14,15,16). The Balaban J connectivity index is 2.26. The number of anilines is 1. The number of hydrogen-bond donors (Lipinski definition) is 2. The molecule has 0 bridgehead atoms. The van der Waals surface area contributed by atoms with E-state index in [0.29, 0.717) is 23.8 Å². The minimum absolute atomic E-state index is 0.363. The molecule has 0 aliphatic rings. The van der Waals surface area contributed by atoms with Gasteiger partial charge in [-0.05, 0) is 12.1 Å².